The first-order chi connectivity index (χ1) is 9.19. The van der Waals surface area contributed by atoms with Gasteiger partial charge >= 0.3 is 0 Å². The maximum absolute atomic E-state index is 11.6. The smallest absolute Gasteiger partial charge is 0.177 e. The molecule has 0 saturated heterocycles. The number of benzene rings is 2. The summed E-state index contributed by atoms with van der Waals surface area (Å²) in [5.74, 6) is 1.06. The van der Waals surface area contributed by atoms with Crippen LogP contribution in [0.5, 0.6) is 11.5 Å². The van der Waals surface area contributed by atoms with E-state index in [1.165, 1.54) is 0 Å². The van der Waals surface area contributed by atoms with Gasteiger partial charge in [-0.15, -0.1) is 0 Å². The van der Waals surface area contributed by atoms with E-state index in [-0.39, 0.29) is 12.2 Å². The lowest BCUT2D eigenvalue weighted by atomic mass is 10.1. The Morgan fingerprint density at radius 1 is 1.16 bits per heavy atom. The van der Waals surface area contributed by atoms with Gasteiger partial charge in [0.2, 0.25) is 0 Å². The van der Waals surface area contributed by atoms with Crippen LogP contribution in [0, 0.1) is 11.3 Å². The average Bonchev–Trinajstić information content (AvgIpc) is 2.42. The fourth-order valence-electron chi connectivity index (χ4n) is 1.55. The highest BCUT2D eigenvalue weighted by molar-refractivity contribution is 9.10. The van der Waals surface area contributed by atoms with Gasteiger partial charge < -0.3 is 4.74 Å². The molecule has 0 radical (unpaired) electrons. The predicted molar refractivity (Wildman–Crippen MR) is 75.2 cm³/mol. The van der Waals surface area contributed by atoms with Crippen molar-refractivity contribution in [2.75, 3.05) is 0 Å². The summed E-state index contributed by atoms with van der Waals surface area (Å²) in [7, 11) is 0. The number of hydrogen-bond acceptors (Lipinski definition) is 3. The SMILES string of the molecule is N#CCC(=O)c1cccc(Oc2ccc(Br)cc2)c1. The summed E-state index contributed by atoms with van der Waals surface area (Å²) >= 11 is 3.35. The number of ketones is 1. The Hall–Kier alpha value is -2.12. The molecule has 0 aliphatic carbocycles. The van der Waals surface area contributed by atoms with Crippen molar-refractivity contribution in [2.24, 2.45) is 0 Å². The molecule has 0 aliphatic heterocycles. The lowest BCUT2D eigenvalue weighted by Crippen LogP contribution is -1.97. The number of nitrogens with zero attached hydrogens (tertiary/aromatic N) is 1. The quantitative estimate of drug-likeness (QED) is 0.789. The predicted octanol–water partition coefficient (Wildman–Crippen LogP) is 4.34. The van der Waals surface area contributed by atoms with Gasteiger partial charge in [0.15, 0.2) is 5.78 Å². The van der Waals surface area contributed by atoms with E-state index in [4.69, 9.17) is 10.00 Å². The van der Waals surface area contributed by atoms with Crippen molar-refractivity contribution < 1.29 is 9.53 Å². The van der Waals surface area contributed by atoms with E-state index in [1.807, 2.05) is 30.3 Å². The Kier molecular flexibility index (Phi) is 4.32. The second kappa shape index (κ2) is 6.17. The van der Waals surface area contributed by atoms with Crippen LogP contribution in [0.25, 0.3) is 0 Å². The fraction of sp³-hybridized carbons (Fsp3) is 0.0667. The molecular weight excluding hydrogens is 306 g/mol. The molecule has 0 saturated carbocycles. The largest absolute Gasteiger partial charge is 0.457 e. The molecule has 0 heterocycles. The van der Waals surface area contributed by atoms with E-state index in [2.05, 4.69) is 15.9 Å². The highest BCUT2D eigenvalue weighted by atomic mass is 79.9. The number of carbonyl (C=O) groups is 1. The zero-order valence-electron chi connectivity index (χ0n) is 9.97. The van der Waals surface area contributed by atoms with Gasteiger partial charge in [0.25, 0.3) is 0 Å². The molecule has 4 heteroatoms. The molecule has 3 nitrogen and oxygen atoms in total. The number of carbonyl (C=O) groups excluding carboxylic acids is 1. The molecule has 0 bridgehead atoms. The van der Waals surface area contributed by atoms with E-state index >= 15 is 0 Å². The Morgan fingerprint density at radius 3 is 2.58 bits per heavy atom. The summed E-state index contributed by atoms with van der Waals surface area (Å²) < 4.78 is 6.62. The van der Waals surface area contributed by atoms with Gasteiger partial charge in [-0.1, -0.05) is 28.1 Å². The van der Waals surface area contributed by atoms with Gasteiger partial charge in [0.1, 0.15) is 11.5 Å². The van der Waals surface area contributed by atoms with E-state index in [0.29, 0.717) is 17.1 Å². The monoisotopic (exact) mass is 315 g/mol. The third-order valence-corrected chi connectivity index (χ3v) is 2.97. The molecule has 0 fully saturated rings. The van der Waals surface area contributed by atoms with Gasteiger partial charge in [-0.25, -0.2) is 0 Å². The number of hydrogen-bond donors (Lipinski definition) is 0. The van der Waals surface area contributed by atoms with E-state index < -0.39 is 0 Å². The Bertz CT molecular complexity index is 629. The summed E-state index contributed by atoms with van der Waals surface area (Å²) in [6.45, 7) is 0. The Morgan fingerprint density at radius 2 is 1.89 bits per heavy atom. The molecule has 2 aromatic carbocycles. The second-order valence-electron chi connectivity index (χ2n) is 3.84. The lowest BCUT2D eigenvalue weighted by molar-refractivity contribution is 0.0997. The summed E-state index contributed by atoms with van der Waals surface area (Å²) in [6.07, 6.45) is -0.123. The van der Waals surface area contributed by atoms with E-state index in [1.54, 1.807) is 24.3 Å². The molecule has 94 valence electrons. The Balaban J connectivity index is 2.17. The molecule has 0 atom stereocenters. The first-order valence-corrected chi connectivity index (χ1v) is 6.42. The van der Waals surface area contributed by atoms with Crippen molar-refractivity contribution in [3.63, 3.8) is 0 Å². The van der Waals surface area contributed by atoms with Gasteiger partial charge in [0.05, 0.1) is 12.5 Å². The van der Waals surface area contributed by atoms with Crippen LogP contribution < -0.4 is 4.74 Å². The fourth-order valence-corrected chi connectivity index (χ4v) is 1.81. The zero-order chi connectivity index (χ0) is 13.7. The molecule has 0 aliphatic rings. The molecule has 2 rings (SSSR count). The van der Waals surface area contributed by atoms with E-state index in [0.717, 1.165) is 4.47 Å². The number of ether oxygens (including phenoxy) is 1. The van der Waals surface area contributed by atoms with Crippen LogP contribution in [0.2, 0.25) is 0 Å². The number of Topliss-reactive ketones (excluding diaryl/α,β-unsaturated/α-hetero) is 1. The highest BCUT2D eigenvalue weighted by Crippen LogP contribution is 2.24. The van der Waals surface area contributed by atoms with Crippen molar-refractivity contribution in [1.82, 2.24) is 0 Å². The number of rotatable bonds is 4. The molecule has 19 heavy (non-hydrogen) atoms. The second-order valence-corrected chi connectivity index (χ2v) is 4.76. The van der Waals surface area contributed by atoms with Gasteiger partial charge in [0, 0.05) is 10.0 Å². The first-order valence-electron chi connectivity index (χ1n) is 5.62. The maximum Gasteiger partial charge on any atom is 0.177 e. The highest BCUT2D eigenvalue weighted by Gasteiger charge is 2.06. The standard InChI is InChI=1S/C15H10BrNO2/c16-12-4-6-13(7-5-12)19-14-3-1-2-11(10-14)15(18)8-9-17/h1-7,10H,8H2. The first kappa shape index (κ1) is 13.3. The van der Waals surface area contributed by atoms with Crippen LogP contribution in [0.4, 0.5) is 0 Å². The van der Waals surface area contributed by atoms with Crippen LogP contribution in [-0.2, 0) is 0 Å². The van der Waals surface area contributed by atoms with Crippen molar-refractivity contribution in [1.29, 1.82) is 5.26 Å². The summed E-state index contributed by atoms with van der Waals surface area (Å²) in [5.41, 5.74) is 0.483. The van der Waals surface area contributed by atoms with Crippen LogP contribution in [0.3, 0.4) is 0 Å². The van der Waals surface area contributed by atoms with Crippen molar-refractivity contribution >= 4 is 21.7 Å². The summed E-state index contributed by atoms with van der Waals surface area (Å²) in [4.78, 5) is 11.6. The van der Waals surface area contributed by atoms with Gasteiger partial charge in [-0.05, 0) is 36.4 Å². The van der Waals surface area contributed by atoms with Crippen molar-refractivity contribution in [2.45, 2.75) is 6.42 Å². The molecular formula is C15H10BrNO2. The molecule has 0 aromatic heterocycles. The zero-order valence-corrected chi connectivity index (χ0v) is 11.6. The third-order valence-electron chi connectivity index (χ3n) is 2.44. The van der Waals surface area contributed by atoms with Crippen LogP contribution in [0.1, 0.15) is 16.8 Å². The van der Waals surface area contributed by atoms with E-state index in [9.17, 15) is 4.79 Å². The summed E-state index contributed by atoms with van der Waals surface area (Å²) in [6, 6.07) is 16.1. The molecule has 0 spiro atoms. The molecule has 2 aromatic rings. The molecule has 0 amide bonds. The Labute approximate surface area is 119 Å². The summed E-state index contributed by atoms with van der Waals surface area (Å²) in [5, 5.41) is 8.52. The molecule has 0 unspecified atom stereocenters. The molecule has 0 N–H and O–H groups in total. The minimum atomic E-state index is -0.205. The van der Waals surface area contributed by atoms with Crippen LogP contribution in [-0.4, -0.2) is 5.78 Å². The minimum Gasteiger partial charge on any atom is -0.457 e. The minimum absolute atomic E-state index is 0.123. The average molecular weight is 316 g/mol. The van der Waals surface area contributed by atoms with Gasteiger partial charge in [-0.2, -0.15) is 5.26 Å². The number of halogens is 1. The van der Waals surface area contributed by atoms with Crippen LogP contribution >= 0.6 is 15.9 Å². The lowest BCUT2D eigenvalue weighted by Gasteiger charge is -2.06. The van der Waals surface area contributed by atoms with Gasteiger partial charge in [-0.3, -0.25) is 4.79 Å². The number of nitriles is 1. The third kappa shape index (κ3) is 3.67. The topological polar surface area (TPSA) is 50.1 Å². The normalized spacial score (nSPS) is 9.68. The van der Waals surface area contributed by atoms with Crippen LogP contribution in [0.15, 0.2) is 53.0 Å². The maximum atomic E-state index is 11.6. The van der Waals surface area contributed by atoms with Crippen molar-refractivity contribution in [3.8, 4) is 17.6 Å². The van der Waals surface area contributed by atoms with Crippen molar-refractivity contribution in [3.05, 3.63) is 58.6 Å².